The molecule has 2 aromatic rings. The van der Waals surface area contributed by atoms with Crippen molar-refractivity contribution in [1.82, 2.24) is 4.31 Å². The van der Waals surface area contributed by atoms with Crippen molar-refractivity contribution < 1.29 is 22.4 Å². The maximum absolute atomic E-state index is 13.7. The molecule has 0 bridgehead atoms. The molecular formula is C20H21FN2O4S. The van der Waals surface area contributed by atoms with E-state index in [9.17, 15) is 22.4 Å². The minimum absolute atomic E-state index is 0.0370. The van der Waals surface area contributed by atoms with Crippen molar-refractivity contribution in [3.8, 4) is 0 Å². The Balaban J connectivity index is 1.90. The molecule has 1 atom stereocenters. The number of aryl methyl sites for hydroxylation is 3. The first kappa shape index (κ1) is 20.0. The van der Waals surface area contributed by atoms with Gasteiger partial charge in [-0.2, -0.15) is 0 Å². The van der Waals surface area contributed by atoms with Crippen molar-refractivity contribution in [2.75, 3.05) is 5.32 Å². The third-order valence-electron chi connectivity index (χ3n) is 4.94. The monoisotopic (exact) mass is 404 g/mol. The summed E-state index contributed by atoms with van der Waals surface area (Å²) in [5.41, 5.74) is 2.32. The van der Waals surface area contributed by atoms with Crippen LogP contribution < -0.4 is 5.32 Å². The highest BCUT2D eigenvalue weighted by Gasteiger charge is 2.44. The van der Waals surface area contributed by atoms with Gasteiger partial charge >= 0.3 is 0 Å². The van der Waals surface area contributed by atoms with E-state index in [1.54, 1.807) is 19.9 Å². The number of nitrogens with zero attached hydrogens (tertiary/aromatic N) is 1. The second-order valence-corrected chi connectivity index (χ2v) is 8.76. The van der Waals surface area contributed by atoms with Gasteiger partial charge in [0, 0.05) is 12.1 Å². The molecule has 8 heteroatoms. The number of halogens is 1. The smallest absolute Gasteiger partial charge is 0.267 e. The van der Waals surface area contributed by atoms with Crippen LogP contribution in [-0.2, 0) is 19.6 Å². The van der Waals surface area contributed by atoms with E-state index >= 15 is 0 Å². The number of carbonyl (C=O) groups is 2. The number of rotatable bonds is 4. The highest BCUT2D eigenvalue weighted by molar-refractivity contribution is 7.89. The molecule has 6 nitrogen and oxygen atoms in total. The lowest BCUT2D eigenvalue weighted by atomic mass is 10.1. The summed E-state index contributed by atoms with van der Waals surface area (Å²) in [5.74, 6) is -1.78. The average molecular weight is 404 g/mol. The molecule has 0 aromatic heterocycles. The molecule has 1 fully saturated rings. The van der Waals surface area contributed by atoms with Gasteiger partial charge in [0.2, 0.25) is 11.8 Å². The van der Waals surface area contributed by atoms with Gasteiger partial charge in [0.05, 0.1) is 4.90 Å². The lowest BCUT2D eigenvalue weighted by Gasteiger charge is -2.24. The first-order valence-electron chi connectivity index (χ1n) is 8.83. The molecule has 1 N–H and O–H groups in total. The Morgan fingerprint density at radius 3 is 2.39 bits per heavy atom. The van der Waals surface area contributed by atoms with Crippen molar-refractivity contribution in [2.45, 2.75) is 44.6 Å². The van der Waals surface area contributed by atoms with Crippen molar-refractivity contribution in [2.24, 2.45) is 0 Å². The van der Waals surface area contributed by atoms with Gasteiger partial charge in [0.15, 0.2) is 0 Å². The minimum Gasteiger partial charge on any atom is -0.324 e. The van der Waals surface area contributed by atoms with E-state index in [0.29, 0.717) is 9.87 Å². The number of benzene rings is 2. The Morgan fingerprint density at radius 2 is 1.75 bits per heavy atom. The fraction of sp³-hybridized carbons (Fsp3) is 0.300. The minimum atomic E-state index is -4.18. The fourth-order valence-corrected chi connectivity index (χ4v) is 4.77. The Kier molecular flexibility index (Phi) is 5.25. The van der Waals surface area contributed by atoms with Crippen LogP contribution in [0.15, 0.2) is 41.3 Å². The first-order valence-corrected chi connectivity index (χ1v) is 10.3. The Hall–Kier alpha value is -2.74. The van der Waals surface area contributed by atoms with Crippen LogP contribution in [0.3, 0.4) is 0 Å². The number of hydrogen-bond acceptors (Lipinski definition) is 4. The number of anilines is 1. The Bertz CT molecular complexity index is 1070. The predicted molar refractivity (Wildman–Crippen MR) is 103 cm³/mol. The second kappa shape index (κ2) is 7.35. The van der Waals surface area contributed by atoms with E-state index in [2.05, 4.69) is 5.32 Å². The Labute approximate surface area is 163 Å². The molecule has 1 aliphatic heterocycles. The van der Waals surface area contributed by atoms with E-state index in [-0.39, 0.29) is 23.4 Å². The summed E-state index contributed by atoms with van der Waals surface area (Å²) in [6.45, 7) is 5.22. The van der Waals surface area contributed by atoms with Gasteiger partial charge in [0.25, 0.3) is 10.0 Å². The lowest BCUT2D eigenvalue weighted by molar-refractivity contribution is -0.128. The highest BCUT2D eigenvalue weighted by atomic mass is 32.2. The standard InChI is InChI=1S/C20H21FN2O4S/c1-12-5-7-16(10-14(12)3)28(26,27)23-18(8-9-19(23)24)20(25)22-15-6-4-13(2)17(21)11-15/h4-7,10-11,18H,8-9H2,1-3H3,(H,22,25)/t18-/m1/s1. The summed E-state index contributed by atoms with van der Waals surface area (Å²) in [4.78, 5) is 25.0. The van der Waals surface area contributed by atoms with Crippen LogP contribution in [0, 0.1) is 26.6 Å². The zero-order valence-electron chi connectivity index (χ0n) is 15.8. The van der Waals surface area contributed by atoms with E-state index in [1.165, 1.54) is 24.3 Å². The van der Waals surface area contributed by atoms with Gasteiger partial charge in [-0.05, 0) is 68.1 Å². The largest absolute Gasteiger partial charge is 0.324 e. The zero-order valence-corrected chi connectivity index (χ0v) is 16.6. The summed E-state index contributed by atoms with van der Waals surface area (Å²) in [7, 11) is -4.18. The van der Waals surface area contributed by atoms with Crippen LogP contribution in [0.5, 0.6) is 0 Å². The molecule has 0 radical (unpaired) electrons. The van der Waals surface area contributed by atoms with Crippen LogP contribution >= 0.6 is 0 Å². The summed E-state index contributed by atoms with van der Waals surface area (Å²) in [6.07, 6.45) is 0.0213. The lowest BCUT2D eigenvalue weighted by Crippen LogP contribution is -2.45. The second-order valence-electron chi connectivity index (χ2n) is 6.95. The number of hydrogen-bond donors (Lipinski definition) is 1. The average Bonchev–Trinajstić information content (AvgIpc) is 3.03. The van der Waals surface area contributed by atoms with Crippen LogP contribution in [0.2, 0.25) is 0 Å². The molecule has 0 saturated carbocycles. The quantitative estimate of drug-likeness (QED) is 0.849. The molecule has 1 saturated heterocycles. The zero-order chi connectivity index (χ0) is 20.6. The number of sulfonamides is 1. The van der Waals surface area contributed by atoms with Crippen LogP contribution in [0.25, 0.3) is 0 Å². The predicted octanol–water partition coefficient (Wildman–Crippen LogP) is 3.07. The van der Waals surface area contributed by atoms with Gasteiger partial charge in [0.1, 0.15) is 11.9 Å². The van der Waals surface area contributed by atoms with Crippen molar-refractivity contribution in [3.63, 3.8) is 0 Å². The summed E-state index contributed by atoms with van der Waals surface area (Å²) in [5, 5.41) is 2.51. The van der Waals surface area contributed by atoms with E-state index < -0.39 is 33.7 Å². The van der Waals surface area contributed by atoms with Gasteiger partial charge in [-0.3, -0.25) is 9.59 Å². The van der Waals surface area contributed by atoms with Gasteiger partial charge < -0.3 is 5.32 Å². The molecule has 0 aliphatic carbocycles. The molecule has 1 heterocycles. The topological polar surface area (TPSA) is 83.6 Å². The van der Waals surface area contributed by atoms with Crippen LogP contribution in [-0.4, -0.2) is 30.6 Å². The third kappa shape index (κ3) is 3.64. The molecule has 0 unspecified atom stereocenters. The summed E-state index contributed by atoms with van der Waals surface area (Å²) < 4.78 is 40.4. The van der Waals surface area contributed by atoms with Gasteiger partial charge in [-0.1, -0.05) is 12.1 Å². The molecule has 1 aliphatic rings. The third-order valence-corrected chi connectivity index (χ3v) is 6.76. The van der Waals surface area contributed by atoms with Crippen molar-refractivity contribution >= 4 is 27.5 Å². The maximum atomic E-state index is 13.7. The van der Waals surface area contributed by atoms with Gasteiger partial charge in [-0.15, -0.1) is 0 Å². The number of carbonyl (C=O) groups excluding carboxylic acids is 2. The maximum Gasteiger partial charge on any atom is 0.267 e. The molecule has 2 amide bonds. The van der Waals surface area contributed by atoms with Crippen LogP contribution in [0.4, 0.5) is 10.1 Å². The summed E-state index contributed by atoms with van der Waals surface area (Å²) in [6, 6.07) is 7.58. The van der Waals surface area contributed by atoms with Crippen LogP contribution in [0.1, 0.15) is 29.5 Å². The first-order chi connectivity index (χ1) is 13.1. The highest BCUT2D eigenvalue weighted by Crippen LogP contribution is 2.29. The van der Waals surface area contributed by atoms with E-state index in [0.717, 1.165) is 17.2 Å². The van der Waals surface area contributed by atoms with E-state index in [4.69, 9.17) is 0 Å². The number of nitrogens with one attached hydrogen (secondary N) is 1. The molecule has 2 aromatic carbocycles. The fourth-order valence-electron chi connectivity index (χ4n) is 3.08. The van der Waals surface area contributed by atoms with Crippen molar-refractivity contribution in [1.29, 1.82) is 0 Å². The Morgan fingerprint density at radius 1 is 1.07 bits per heavy atom. The molecule has 3 rings (SSSR count). The molecule has 0 spiro atoms. The summed E-state index contributed by atoms with van der Waals surface area (Å²) >= 11 is 0. The molecular weight excluding hydrogens is 383 g/mol. The van der Waals surface area contributed by atoms with Gasteiger partial charge in [-0.25, -0.2) is 17.1 Å². The SMILES string of the molecule is Cc1ccc(S(=O)(=O)N2C(=O)CC[C@@H]2C(=O)Nc2ccc(C)c(F)c2)cc1C. The molecule has 28 heavy (non-hydrogen) atoms. The normalized spacial score (nSPS) is 17.1. The van der Waals surface area contributed by atoms with Crippen molar-refractivity contribution in [3.05, 3.63) is 58.9 Å². The molecule has 148 valence electrons. The van der Waals surface area contributed by atoms with E-state index in [1.807, 2.05) is 6.92 Å². The number of amides is 2.